The summed E-state index contributed by atoms with van der Waals surface area (Å²) >= 11 is 0. The SMILES string of the molecule is COC(=O)C1(CN)CC=CC1. The van der Waals surface area contributed by atoms with Gasteiger partial charge in [0, 0.05) is 6.54 Å². The number of hydrogen-bond donors (Lipinski definition) is 1. The molecule has 62 valence electrons. The number of allylic oxidation sites excluding steroid dienone is 2. The molecule has 0 unspecified atom stereocenters. The van der Waals surface area contributed by atoms with Crippen molar-refractivity contribution in [2.75, 3.05) is 13.7 Å². The van der Waals surface area contributed by atoms with Gasteiger partial charge in [-0.05, 0) is 12.8 Å². The Bertz CT molecular complexity index is 179. The van der Waals surface area contributed by atoms with Gasteiger partial charge in [-0.1, -0.05) is 12.2 Å². The number of ether oxygens (including phenoxy) is 1. The monoisotopic (exact) mass is 155 g/mol. The zero-order valence-electron chi connectivity index (χ0n) is 6.67. The van der Waals surface area contributed by atoms with Gasteiger partial charge in [-0.3, -0.25) is 4.79 Å². The first-order chi connectivity index (χ1) is 5.25. The molecular formula is C8H13NO2. The van der Waals surface area contributed by atoms with E-state index in [9.17, 15) is 4.79 Å². The predicted molar refractivity (Wildman–Crippen MR) is 41.9 cm³/mol. The molecule has 0 heterocycles. The number of carbonyl (C=O) groups excluding carboxylic acids is 1. The lowest BCUT2D eigenvalue weighted by atomic mass is 9.86. The molecule has 0 aromatic heterocycles. The topological polar surface area (TPSA) is 52.3 Å². The van der Waals surface area contributed by atoms with Crippen molar-refractivity contribution in [2.45, 2.75) is 12.8 Å². The molecular weight excluding hydrogens is 142 g/mol. The Balaban J connectivity index is 2.69. The van der Waals surface area contributed by atoms with Crippen LogP contribution in [-0.2, 0) is 9.53 Å². The second kappa shape index (κ2) is 3.05. The maximum Gasteiger partial charge on any atom is 0.313 e. The van der Waals surface area contributed by atoms with Crippen molar-refractivity contribution in [1.29, 1.82) is 0 Å². The van der Waals surface area contributed by atoms with Gasteiger partial charge in [0.15, 0.2) is 0 Å². The number of hydrogen-bond acceptors (Lipinski definition) is 3. The maximum atomic E-state index is 11.2. The van der Waals surface area contributed by atoms with Crippen molar-refractivity contribution in [1.82, 2.24) is 0 Å². The number of methoxy groups -OCH3 is 1. The highest BCUT2D eigenvalue weighted by Crippen LogP contribution is 2.32. The fraction of sp³-hybridized carbons (Fsp3) is 0.625. The van der Waals surface area contributed by atoms with Crippen molar-refractivity contribution in [2.24, 2.45) is 11.1 Å². The Hall–Kier alpha value is -0.830. The minimum Gasteiger partial charge on any atom is -0.469 e. The molecule has 0 atom stereocenters. The molecule has 0 spiro atoms. The van der Waals surface area contributed by atoms with Crippen LogP contribution in [0.25, 0.3) is 0 Å². The van der Waals surface area contributed by atoms with E-state index in [1.165, 1.54) is 7.11 Å². The van der Waals surface area contributed by atoms with Crippen molar-refractivity contribution < 1.29 is 9.53 Å². The Kier molecular flexibility index (Phi) is 2.29. The van der Waals surface area contributed by atoms with Crippen LogP contribution in [0.2, 0.25) is 0 Å². The zero-order chi connectivity index (χ0) is 8.32. The zero-order valence-corrected chi connectivity index (χ0v) is 6.67. The normalized spacial score (nSPS) is 20.2. The minimum absolute atomic E-state index is 0.190. The summed E-state index contributed by atoms with van der Waals surface area (Å²) in [6.07, 6.45) is 5.39. The van der Waals surface area contributed by atoms with E-state index in [2.05, 4.69) is 4.74 Å². The summed E-state index contributed by atoms with van der Waals surface area (Å²) < 4.78 is 4.67. The van der Waals surface area contributed by atoms with Gasteiger partial charge in [-0.2, -0.15) is 0 Å². The van der Waals surface area contributed by atoms with E-state index in [1.54, 1.807) is 0 Å². The highest BCUT2D eigenvalue weighted by Gasteiger charge is 2.38. The summed E-state index contributed by atoms with van der Waals surface area (Å²) in [4.78, 5) is 11.2. The average molecular weight is 155 g/mol. The smallest absolute Gasteiger partial charge is 0.313 e. The van der Waals surface area contributed by atoms with E-state index in [0.717, 1.165) is 12.8 Å². The standard InChI is InChI=1S/C8H13NO2/c1-11-7(10)8(6-9)4-2-3-5-8/h2-3H,4-6,9H2,1H3. The molecule has 0 bridgehead atoms. The van der Waals surface area contributed by atoms with E-state index in [1.807, 2.05) is 12.2 Å². The second-order valence-electron chi connectivity index (χ2n) is 2.86. The Morgan fingerprint density at radius 3 is 2.55 bits per heavy atom. The molecule has 1 aliphatic carbocycles. The van der Waals surface area contributed by atoms with Gasteiger partial charge in [0.1, 0.15) is 0 Å². The third-order valence-corrected chi connectivity index (χ3v) is 2.19. The molecule has 3 nitrogen and oxygen atoms in total. The highest BCUT2D eigenvalue weighted by molar-refractivity contribution is 5.78. The molecule has 11 heavy (non-hydrogen) atoms. The first-order valence-corrected chi connectivity index (χ1v) is 3.69. The van der Waals surface area contributed by atoms with E-state index in [0.29, 0.717) is 6.54 Å². The first-order valence-electron chi connectivity index (χ1n) is 3.69. The Morgan fingerprint density at radius 1 is 1.64 bits per heavy atom. The lowest BCUT2D eigenvalue weighted by Crippen LogP contribution is -2.37. The molecule has 0 aromatic rings. The van der Waals surface area contributed by atoms with E-state index >= 15 is 0 Å². The van der Waals surface area contributed by atoms with Crippen LogP contribution in [0.4, 0.5) is 0 Å². The third kappa shape index (κ3) is 1.28. The van der Waals surface area contributed by atoms with Crippen LogP contribution >= 0.6 is 0 Å². The van der Waals surface area contributed by atoms with Crippen LogP contribution in [0.3, 0.4) is 0 Å². The summed E-state index contributed by atoms with van der Waals surface area (Å²) in [7, 11) is 1.40. The molecule has 0 aromatic carbocycles. The van der Waals surface area contributed by atoms with Gasteiger partial charge in [0.05, 0.1) is 12.5 Å². The summed E-state index contributed by atoms with van der Waals surface area (Å²) in [6, 6.07) is 0. The van der Waals surface area contributed by atoms with Crippen molar-refractivity contribution in [3.05, 3.63) is 12.2 Å². The van der Waals surface area contributed by atoms with Gasteiger partial charge in [-0.25, -0.2) is 0 Å². The molecule has 0 radical (unpaired) electrons. The predicted octanol–water partition coefficient (Wildman–Crippen LogP) is 0.454. The van der Waals surface area contributed by atoms with Gasteiger partial charge in [0.2, 0.25) is 0 Å². The van der Waals surface area contributed by atoms with Crippen molar-refractivity contribution in [3.8, 4) is 0 Å². The van der Waals surface area contributed by atoms with Crippen LogP contribution in [0.1, 0.15) is 12.8 Å². The summed E-state index contributed by atoms with van der Waals surface area (Å²) in [5.41, 5.74) is 5.05. The van der Waals surface area contributed by atoms with E-state index in [-0.39, 0.29) is 5.97 Å². The molecule has 0 amide bonds. The summed E-state index contributed by atoms with van der Waals surface area (Å²) in [5.74, 6) is -0.190. The minimum atomic E-state index is -0.450. The van der Waals surface area contributed by atoms with Gasteiger partial charge in [-0.15, -0.1) is 0 Å². The number of carbonyl (C=O) groups is 1. The number of nitrogens with two attached hydrogens (primary N) is 1. The summed E-state index contributed by atoms with van der Waals surface area (Å²) in [6.45, 7) is 0.368. The number of rotatable bonds is 2. The van der Waals surface area contributed by atoms with Crippen LogP contribution in [-0.4, -0.2) is 19.6 Å². The average Bonchev–Trinajstić information content (AvgIpc) is 2.52. The van der Waals surface area contributed by atoms with Gasteiger partial charge in [0.25, 0.3) is 0 Å². The molecule has 1 aliphatic rings. The quantitative estimate of drug-likeness (QED) is 0.465. The van der Waals surface area contributed by atoms with Gasteiger partial charge >= 0.3 is 5.97 Å². The molecule has 0 fully saturated rings. The highest BCUT2D eigenvalue weighted by atomic mass is 16.5. The van der Waals surface area contributed by atoms with Crippen LogP contribution in [0, 0.1) is 5.41 Å². The lowest BCUT2D eigenvalue weighted by Gasteiger charge is -2.23. The molecule has 1 rings (SSSR count). The Labute approximate surface area is 66.2 Å². The van der Waals surface area contributed by atoms with Gasteiger partial charge < -0.3 is 10.5 Å². The largest absolute Gasteiger partial charge is 0.469 e. The van der Waals surface area contributed by atoms with E-state index in [4.69, 9.17) is 5.73 Å². The van der Waals surface area contributed by atoms with Crippen molar-refractivity contribution >= 4 is 5.97 Å². The second-order valence-corrected chi connectivity index (χ2v) is 2.86. The van der Waals surface area contributed by atoms with Crippen LogP contribution < -0.4 is 5.73 Å². The van der Waals surface area contributed by atoms with Crippen molar-refractivity contribution in [3.63, 3.8) is 0 Å². The molecule has 3 heteroatoms. The fourth-order valence-corrected chi connectivity index (χ4v) is 1.33. The third-order valence-electron chi connectivity index (χ3n) is 2.19. The maximum absolute atomic E-state index is 11.2. The lowest BCUT2D eigenvalue weighted by molar-refractivity contribution is -0.151. The van der Waals surface area contributed by atoms with Crippen LogP contribution in [0.5, 0.6) is 0 Å². The fourth-order valence-electron chi connectivity index (χ4n) is 1.33. The summed E-state index contributed by atoms with van der Waals surface area (Å²) in [5, 5.41) is 0. The number of esters is 1. The first kappa shape index (κ1) is 8.27. The molecule has 0 saturated carbocycles. The Morgan fingerprint density at radius 2 is 2.18 bits per heavy atom. The van der Waals surface area contributed by atoms with Crippen LogP contribution in [0.15, 0.2) is 12.2 Å². The molecule has 0 saturated heterocycles. The molecule has 0 aliphatic heterocycles. The molecule has 2 N–H and O–H groups in total. The van der Waals surface area contributed by atoms with E-state index < -0.39 is 5.41 Å².